The summed E-state index contributed by atoms with van der Waals surface area (Å²) in [7, 11) is 0. The number of para-hydroxylation sites is 1. The Morgan fingerprint density at radius 3 is 2.81 bits per heavy atom. The highest BCUT2D eigenvalue weighted by Gasteiger charge is 2.35. The first-order valence-electron chi connectivity index (χ1n) is 9.39. The highest BCUT2D eigenvalue weighted by atomic mass is 16.3. The Morgan fingerprint density at radius 1 is 1.23 bits per heavy atom. The molecular weight excluding hydrogens is 326 g/mol. The molecule has 5 heteroatoms. The first kappa shape index (κ1) is 17.0. The van der Waals surface area contributed by atoms with E-state index in [-0.39, 0.29) is 18.1 Å². The van der Waals surface area contributed by atoms with Crippen molar-refractivity contribution >= 4 is 11.6 Å². The molecule has 1 atom stereocenters. The van der Waals surface area contributed by atoms with Gasteiger partial charge in [-0.25, -0.2) is 0 Å². The Labute approximate surface area is 154 Å². The van der Waals surface area contributed by atoms with Crippen molar-refractivity contribution in [1.29, 1.82) is 0 Å². The van der Waals surface area contributed by atoms with Crippen LogP contribution in [-0.4, -0.2) is 41.2 Å². The highest BCUT2D eigenvalue weighted by Crippen LogP contribution is 2.32. The van der Waals surface area contributed by atoms with Crippen LogP contribution < -0.4 is 10.2 Å². The van der Waals surface area contributed by atoms with E-state index in [1.807, 2.05) is 30.3 Å². The number of nitrogens with one attached hydrogen (secondary N) is 1. The van der Waals surface area contributed by atoms with E-state index in [0.717, 1.165) is 31.5 Å². The van der Waals surface area contributed by atoms with Gasteiger partial charge in [-0.15, -0.1) is 0 Å². The SMILES string of the molecule is O=C(CN1CCc2ccccc21)N[C@@H](Cc1ccccn1)C1CC(O)C1. The topological polar surface area (TPSA) is 65.5 Å². The minimum Gasteiger partial charge on any atom is -0.393 e. The highest BCUT2D eigenvalue weighted by molar-refractivity contribution is 5.82. The smallest absolute Gasteiger partial charge is 0.239 e. The molecule has 2 N–H and O–H groups in total. The van der Waals surface area contributed by atoms with E-state index >= 15 is 0 Å². The van der Waals surface area contributed by atoms with Crippen molar-refractivity contribution in [2.75, 3.05) is 18.0 Å². The number of anilines is 1. The van der Waals surface area contributed by atoms with Crippen molar-refractivity contribution in [1.82, 2.24) is 10.3 Å². The van der Waals surface area contributed by atoms with Crippen LogP contribution in [0.2, 0.25) is 0 Å². The van der Waals surface area contributed by atoms with Gasteiger partial charge in [-0.1, -0.05) is 24.3 Å². The Kier molecular flexibility index (Phi) is 4.89. The molecule has 1 aliphatic carbocycles. The molecule has 1 aliphatic heterocycles. The van der Waals surface area contributed by atoms with Crippen molar-refractivity contribution in [3.63, 3.8) is 0 Å². The third-order valence-electron chi connectivity index (χ3n) is 5.54. The summed E-state index contributed by atoms with van der Waals surface area (Å²) in [4.78, 5) is 19.2. The fraction of sp³-hybridized carbons (Fsp3) is 0.429. The van der Waals surface area contributed by atoms with Gasteiger partial charge in [0.2, 0.25) is 5.91 Å². The number of rotatable bonds is 6. The number of fused-ring (bicyclic) bond motifs is 1. The number of aliphatic hydroxyl groups excluding tert-OH is 1. The van der Waals surface area contributed by atoms with Crippen molar-refractivity contribution in [3.8, 4) is 0 Å². The Bertz CT molecular complexity index is 759. The molecule has 0 saturated heterocycles. The van der Waals surface area contributed by atoms with Gasteiger partial charge in [-0.3, -0.25) is 9.78 Å². The summed E-state index contributed by atoms with van der Waals surface area (Å²) in [6.07, 6.45) is 4.77. The van der Waals surface area contributed by atoms with Gasteiger partial charge < -0.3 is 15.3 Å². The number of carbonyl (C=O) groups excluding carboxylic acids is 1. The zero-order valence-electron chi connectivity index (χ0n) is 14.8. The maximum Gasteiger partial charge on any atom is 0.239 e. The molecule has 0 radical (unpaired) electrons. The molecule has 4 rings (SSSR count). The number of aromatic nitrogens is 1. The number of carbonyl (C=O) groups is 1. The molecule has 5 nitrogen and oxygen atoms in total. The molecule has 26 heavy (non-hydrogen) atoms. The Morgan fingerprint density at radius 2 is 2.04 bits per heavy atom. The lowest BCUT2D eigenvalue weighted by atomic mass is 9.76. The maximum absolute atomic E-state index is 12.7. The average molecular weight is 351 g/mol. The average Bonchev–Trinajstić information content (AvgIpc) is 3.02. The summed E-state index contributed by atoms with van der Waals surface area (Å²) in [5.74, 6) is 0.367. The zero-order valence-corrected chi connectivity index (χ0v) is 14.8. The van der Waals surface area contributed by atoms with Crippen LogP contribution >= 0.6 is 0 Å². The molecule has 2 heterocycles. The number of benzene rings is 1. The standard InChI is InChI=1S/C21H25N3O2/c25-18-11-16(12-18)19(13-17-6-3-4-9-22-17)23-21(26)14-24-10-8-15-5-1-2-7-20(15)24/h1-7,9,16,18-19,25H,8,10-14H2,(H,23,26)/t16?,18?,19-/m0/s1. The van der Waals surface area contributed by atoms with Gasteiger partial charge in [-0.05, 0) is 48.9 Å². The molecule has 1 fully saturated rings. The van der Waals surface area contributed by atoms with Gasteiger partial charge in [0.1, 0.15) is 0 Å². The molecule has 2 aliphatic rings. The van der Waals surface area contributed by atoms with E-state index in [1.54, 1.807) is 6.20 Å². The van der Waals surface area contributed by atoms with Crippen LogP contribution in [0.1, 0.15) is 24.1 Å². The van der Waals surface area contributed by atoms with E-state index < -0.39 is 0 Å². The number of aliphatic hydroxyl groups is 1. The molecule has 0 bridgehead atoms. The van der Waals surface area contributed by atoms with E-state index in [0.29, 0.717) is 18.9 Å². The van der Waals surface area contributed by atoms with Gasteiger partial charge in [0.05, 0.1) is 12.6 Å². The normalized spacial score (nSPS) is 22.4. The minimum absolute atomic E-state index is 0.0265. The third-order valence-corrected chi connectivity index (χ3v) is 5.54. The number of hydrogen-bond acceptors (Lipinski definition) is 4. The van der Waals surface area contributed by atoms with Crippen molar-refractivity contribution in [2.24, 2.45) is 5.92 Å². The number of pyridine rings is 1. The van der Waals surface area contributed by atoms with Gasteiger partial charge in [0.25, 0.3) is 0 Å². The second kappa shape index (κ2) is 7.46. The van der Waals surface area contributed by atoms with Gasteiger partial charge in [-0.2, -0.15) is 0 Å². The Hall–Kier alpha value is -2.40. The first-order chi connectivity index (χ1) is 12.7. The number of amides is 1. The zero-order chi connectivity index (χ0) is 17.9. The van der Waals surface area contributed by atoms with E-state index in [4.69, 9.17) is 0 Å². The lowest BCUT2D eigenvalue weighted by molar-refractivity contribution is -0.121. The fourth-order valence-electron chi connectivity index (χ4n) is 4.03. The third kappa shape index (κ3) is 3.73. The summed E-state index contributed by atoms with van der Waals surface area (Å²) < 4.78 is 0. The lowest BCUT2D eigenvalue weighted by Crippen LogP contribution is -2.50. The van der Waals surface area contributed by atoms with Crippen LogP contribution in [0.3, 0.4) is 0 Å². The predicted molar refractivity (Wildman–Crippen MR) is 101 cm³/mol. The molecular formula is C21H25N3O2. The van der Waals surface area contributed by atoms with Crippen LogP contribution in [0.25, 0.3) is 0 Å². The summed E-state index contributed by atoms with van der Waals surface area (Å²) in [5, 5.41) is 12.9. The van der Waals surface area contributed by atoms with Crippen molar-refractivity contribution < 1.29 is 9.90 Å². The van der Waals surface area contributed by atoms with Crippen LogP contribution in [0.4, 0.5) is 5.69 Å². The van der Waals surface area contributed by atoms with Crippen molar-refractivity contribution in [2.45, 2.75) is 37.8 Å². The van der Waals surface area contributed by atoms with Gasteiger partial charge in [0, 0.05) is 36.6 Å². The predicted octanol–water partition coefficient (Wildman–Crippen LogP) is 1.94. The van der Waals surface area contributed by atoms with Crippen LogP contribution in [0.15, 0.2) is 48.7 Å². The Balaban J connectivity index is 1.40. The maximum atomic E-state index is 12.7. The summed E-state index contributed by atoms with van der Waals surface area (Å²) in [6.45, 7) is 1.27. The monoisotopic (exact) mass is 351 g/mol. The van der Waals surface area contributed by atoms with Gasteiger partial charge >= 0.3 is 0 Å². The molecule has 1 aromatic carbocycles. The minimum atomic E-state index is -0.228. The van der Waals surface area contributed by atoms with Crippen LogP contribution in [0, 0.1) is 5.92 Å². The molecule has 2 aromatic rings. The summed E-state index contributed by atoms with van der Waals surface area (Å²) in [5.41, 5.74) is 3.46. The molecule has 1 saturated carbocycles. The van der Waals surface area contributed by atoms with Gasteiger partial charge in [0.15, 0.2) is 0 Å². The van der Waals surface area contributed by atoms with Crippen LogP contribution in [-0.2, 0) is 17.6 Å². The molecule has 0 unspecified atom stereocenters. The molecule has 1 amide bonds. The molecule has 0 spiro atoms. The number of hydrogen-bond donors (Lipinski definition) is 2. The van der Waals surface area contributed by atoms with E-state index in [1.165, 1.54) is 11.3 Å². The summed E-state index contributed by atoms with van der Waals surface area (Å²) >= 11 is 0. The second-order valence-corrected chi connectivity index (χ2v) is 7.38. The van der Waals surface area contributed by atoms with Crippen molar-refractivity contribution in [3.05, 3.63) is 59.9 Å². The lowest BCUT2D eigenvalue weighted by Gasteiger charge is -2.38. The quantitative estimate of drug-likeness (QED) is 0.835. The van der Waals surface area contributed by atoms with E-state index in [9.17, 15) is 9.90 Å². The first-order valence-corrected chi connectivity index (χ1v) is 9.39. The summed E-state index contributed by atoms with van der Waals surface area (Å²) in [6, 6.07) is 14.2. The second-order valence-electron chi connectivity index (χ2n) is 7.38. The largest absolute Gasteiger partial charge is 0.393 e. The number of nitrogens with zero attached hydrogens (tertiary/aromatic N) is 2. The molecule has 1 aromatic heterocycles. The van der Waals surface area contributed by atoms with Crippen LogP contribution in [0.5, 0.6) is 0 Å². The van der Waals surface area contributed by atoms with E-state index in [2.05, 4.69) is 27.3 Å². The molecule has 136 valence electrons. The fourth-order valence-corrected chi connectivity index (χ4v) is 4.03.